The molecule has 0 saturated heterocycles. The van der Waals surface area contributed by atoms with E-state index in [1.807, 2.05) is 24.4 Å². The minimum Gasteiger partial charge on any atom is -0.314 e. The summed E-state index contributed by atoms with van der Waals surface area (Å²) in [5, 5.41) is 11.6. The zero-order valence-electron chi connectivity index (χ0n) is 11.6. The van der Waals surface area contributed by atoms with E-state index >= 15 is 0 Å². The van der Waals surface area contributed by atoms with E-state index in [1.165, 1.54) is 11.3 Å². The molecule has 0 saturated carbocycles. The van der Waals surface area contributed by atoms with E-state index in [0.717, 1.165) is 4.88 Å². The summed E-state index contributed by atoms with van der Waals surface area (Å²) in [4.78, 5) is 1.21. The first-order chi connectivity index (χ1) is 9.45. The molecule has 0 fully saturated rings. The molecule has 0 aliphatic carbocycles. The van der Waals surface area contributed by atoms with Crippen molar-refractivity contribution < 1.29 is 8.42 Å². The number of nitrogens with one attached hydrogen (secondary N) is 3. The summed E-state index contributed by atoms with van der Waals surface area (Å²) >= 11 is 1.52. The normalized spacial score (nSPS) is 13.6. The van der Waals surface area contributed by atoms with E-state index in [9.17, 15) is 8.42 Å². The molecule has 0 aromatic carbocycles. The summed E-state index contributed by atoms with van der Waals surface area (Å²) in [6.07, 6.45) is 0. The summed E-state index contributed by atoms with van der Waals surface area (Å²) < 4.78 is 27.7. The Morgan fingerprint density at radius 3 is 2.85 bits per heavy atom. The van der Waals surface area contributed by atoms with Gasteiger partial charge in [-0.15, -0.1) is 11.3 Å². The highest BCUT2D eigenvalue weighted by molar-refractivity contribution is 7.89. The van der Waals surface area contributed by atoms with Gasteiger partial charge in [0.2, 0.25) is 10.0 Å². The molecule has 0 aliphatic heterocycles. The third-order valence-electron chi connectivity index (χ3n) is 2.88. The van der Waals surface area contributed by atoms with Gasteiger partial charge in [-0.3, -0.25) is 5.10 Å². The van der Waals surface area contributed by atoms with Crippen LogP contribution < -0.4 is 10.0 Å². The summed E-state index contributed by atoms with van der Waals surface area (Å²) in [5.41, 5.74) is 1.04. The second-order valence-corrected chi connectivity index (χ2v) is 7.14. The van der Waals surface area contributed by atoms with Crippen molar-refractivity contribution in [3.63, 3.8) is 0 Å². The number of hydrogen-bond donors (Lipinski definition) is 3. The lowest BCUT2D eigenvalue weighted by Crippen LogP contribution is -2.28. The average molecular weight is 314 g/mol. The smallest absolute Gasteiger partial charge is 0.244 e. The fraction of sp³-hybridized carbons (Fsp3) is 0.417. The topological polar surface area (TPSA) is 86.9 Å². The van der Waals surface area contributed by atoms with E-state index in [4.69, 9.17) is 0 Å². The van der Waals surface area contributed by atoms with Gasteiger partial charge in [0.1, 0.15) is 4.90 Å². The number of sulfonamides is 1. The molecule has 3 N–H and O–H groups in total. The molecule has 8 heteroatoms. The Labute approximate surface area is 122 Å². The van der Waals surface area contributed by atoms with Gasteiger partial charge in [-0.2, -0.15) is 5.10 Å². The Morgan fingerprint density at radius 2 is 2.25 bits per heavy atom. The lowest BCUT2D eigenvalue weighted by molar-refractivity contribution is 0.566. The van der Waals surface area contributed by atoms with Crippen LogP contribution in [0.15, 0.2) is 22.4 Å². The fourth-order valence-electron chi connectivity index (χ4n) is 2.00. The van der Waals surface area contributed by atoms with Crippen LogP contribution in [0.4, 0.5) is 0 Å². The van der Waals surface area contributed by atoms with Gasteiger partial charge in [-0.1, -0.05) is 6.07 Å². The Morgan fingerprint density at radius 1 is 1.50 bits per heavy atom. The Bertz CT molecular complexity index is 662. The predicted molar refractivity (Wildman–Crippen MR) is 79.1 cm³/mol. The number of H-pyrrole nitrogens is 1. The lowest BCUT2D eigenvalue weighted by atomic mass is 10.3. The maximum absolute atomic E-state index is 12.5. The first-order valence-electron chi connectivity index (χ1n) is 6.20. The van der Waals surface area contributed by atoms with Crippen molar-refractivity contribution in [2.45, 2.75) is 31.3 Å². The Hall–Kier alpha value is -1.22. The van der Waals surface area contributed by atoms with Crippen LogP contribution in [0, 0.1) is 6.92 Å². The van der Waals surface area contributed by atoms with E-state index in [1.54, 1.807) is 14.0 Å². The lowest BCUT2D eigenvalue weighted by Gasteiger charge is -2.13. The van der Waals surface area contributed by atoms with Crippen molar-refractivity contribution in [1.29, 1.82) is 0 Å². The van der Waals surface area contributed by atoms with Gasteiger partial charge in [-0.05, 0) is 32.3 Å². The molecular weight excluding hydrogens is 296 g/mol. The highest BCUT2D eigenvalue weighted by Gasteiger charge is 2.26. The second-order valence-electron chi connectivity index (χ2n) is 4.51. The average Bonchev–Trinajstić information content (AvgIpc) is 2.99. The van der Waals surface area contributed by atoms with Gasteiger partial charge < -0.3 is 5.32 Å². The van der Waals surface area contributed by atoms with Crippen molar-refractivity contribution >= 4 is 21.4 Å². The highest BCUT2D eigenvalue weighted by atomic mass is 32.2. The van der Waals surface area contributed by atoms with Gasteiger partial charge in [0.05, 0.1) is 17.4 Å². The van der Waals surface area contributed by atoms with E-state index in [2.05, 4.69) is 20.2 Å². The summed E-state index contributed by atoms with van der Waals surface area (Å²) in [6.45, 7) is 3.93. The maximum atomic E-state index is 12.5. The van der Waals surface area contributed by atoms with Crippen molar-refractivity contribution in [3.8, 4) is 0 Å². The molecule has 2 aromatic rings. The molecule has 110 valence electrons. The van der Waals surface area contributed by atoms with Crippen molar-refractivity contribution in [3.05, 3.63) is 33.8 Å². The molecule has 1 unspecified atom stereocenters. The van der Waals surface area contributed by atoms with Crippen LogP contribution in [-0.2, 0) is 16.6 Å². The van der Waals surface area contributed by atoms with Crippen molar-refractivity contribution in [1.82, 2.24) is 20.2 Å². The summed E-state index contributed by atoms with van der Waals surface area (Å²) in [7, 11) is -1.85. The molecule has 0 radical (unpaired) electrons. The monoisotopic (exact) mass is 314 g/mol. The minimum absolute atomic E-state index is 0.232. The predicted octanol–water partition coefficient (Wildman–Crippen LogP) is 1.54. The van der Waals surface area contributed by atoms with Crippen molar-refractivity contribution in [2.75, 3.05) is 7.05 Å². The van der Waals surface area contributed by atoms with Gasteiger partial charge in [-0.25, -0.2) is 13.1 Å². The van der Waals surface area contributed by atoms with Crippen molar-refractivity contribution in [2.24, 2.45) is 0 Å². The number of aromatic nitrogens is 2. The molecule has 0 bridgehead atoms. The molecule has 1 atom stereocenters. The van der Waals surface area contributed by atoms with Crippen LogP contribution >= 0.6 is 11.3 Å². The molecular formula is C12H18N4O2S2. The zero-order chi connectivity index (χ0) is 14.8. The largest absolute Gasteiger partial charge is 0.314 e. The number of rotatable bonds is 6. The molecule has 0 aliphatic rings. The van der Waals surface area contributed by atoms with E-state index in [-0.39, 0.29) is 10.9 Å². The number of thiophene rings is 1. The number of aryl methyl sites for hydroxylation is 1. The number of nitrogens with zero attached hydrogens (tertiary/aromatic N) is 1. The molecule has 2 rings (SSSR count). The van der Waals surface area contributed by atoms with Gasteiger partial charge in [0, 0.05) is 11.4 Å². The Kier molecular flexibility index (Phi) is 4.59. The molecule has 2 heterocycles. The maximum Gasteiger partial charge on any atom is 0.244 e. The van der Waals surface area contributed by atoms with Crippen LogP contribution in [0.3, 0.4) is 0 Å². The quantitative estimate of drug-likeness (QED) is 0.755. The second kappa shape index (κ2) is 6.04. The molecule has 2 aromatic heterocycles. The van der Waals surface area contributed by atoms with Gasteiger partial charge in [0.15, 0.2) is 0 Å². The van der Waals surface area contributed by atoms with Gasteiger partial charge >= 0.3 is 0 Å². The summed E-state index contributed by atoms with van der Waals surface area (Å²) in [5.74, 6) is 0. The molecule has 20 heavy (non-hydrogen) atoms. The van der Waals surface area contributed by atoms with Crippen LogP contribution in [0.2, 0.25) is 0 Å². The molecule has 0 amide bonds. The number of aromatic amines is 1. The van der Waals surface area contributed by atoms with Gasteiger partial charge in [0.25, 0.3) is 0 Å². The van der Waals surface area contributed by atoms with E-state index in [0.29, 0.717) is 17.9 Å². The summed E-state index contributed by atoms with van der Waals surface area (Å²) in [6, 6.07) is 3.55. The highest BCUT2D eigenvalue weighted by Crippen LogP contribution is 2.23. The minimum atomic E-state index is -3.60. The first-order valence-corrected chi connectivity index (χ1v) is 8.56. The van der Waals surface area contributed by atoms with E-state index < -0.39 is 10.0 Å². The zero-order valence-corrected chi connectivity index (χ0v) is 13.2. The number of hydrogen-bond acceptors (Lipinski definition) is 5. The fourth-order valence-corrected chi connectivity index (χ4v) is 4.40. The third kappa shape index (κ3) is 3.09. The standard InChI is InChI=1S/C12H18N4O2S2/c1-8(11-5-4-6-19-11)16-20(17,18)12-9(2)14-15-10(12)7-13-3/h4-6,8,13,16H,7H2,1-3H3,(H,14,15). The van der Waals surface area contributed by atoms with Crippen LogP contribution in [-0.4, -0.2) is 25.7 Å². The first kappa shape index (κ1) is 15.2. The Balaban J connectivity index is 2.29. The molecule has 6 nitrogen and oxygen atoms in total. The molecule has 0 spiro atoms. The van der Waals surface area contributed by atoms with Crippen LogP contribution in [0.1, 0.15) is 29.2 Å². The van der Waals surface area contributed by atoms with Crippen LogP contribution in [0.5, 0.6) is 0 Å². The van der Waals surface area contributed by atoms with Crippen LogP contribution in [0.25, 0.3) is 0 Å². The SMILES string of the molecule is CNCc1n[nH]c(C)c1S(=O)(=O)NC(C)c1cccs1. The third-order valence-corrected chi connectivity index (χ3v) is 5.67.